The van der Waals surface area contributed by atoms with E-state index in [4.69, 9.17) is 4.84 Å². The molecule has 1 heterocycles. The van der Waals surface area contributed by atoms with E-state index in [9.17, 15) is 9.18 Å². The minimum absolute atomic E-state index is 0.223. The lowest BCUT2D eigenvalue weighted by atomic mass is 10.0. The average Bonchev–Trinajstić information content (AvgIpc) is 3.05. The monoisotopic (exact) mass is 298 g/mol. The average molecular weight is 298 g/mol. The van der Waals surface area contributed by atoms with E-state index < -0.39 is 6.10 Å². The molecule has 1 amide bonds. The van der Waals surface area contributed by atoms with Crippen molar-refractivity contribution in [3.05, 3.63) is 71.5 Å². The van der Waals surface area contributed by atoms with E-state index in [1.807, 2.05) is 30.3 Å². The topological polar surface area (TPSA) is 50.7 Å². The summed E-state index contributed by atoms with van der Waals surface area (Å²) >= 11 is 0. The Morgan fingerprint density at radius 3 is 2.64 bits per heavy atom. The van der Waals surface area contributed by atoms with Gasteiger partial charge in [0.25, 0.3) is 5.91 Å². The second-order valence-electron chi connectivity index (χ2n) is 5.05. The number of carbonyl (C=O) groups excluding carboxylic acids is 1. The molecule has 3 rings (SSSR count). The van der Waals surface area contributed by atoms with Gasteiger partial charge in [0, 0.05) is 13.0 Å². The highest BCUT2D eigenvalue weighted by molar-refractivity contribution is 6.04. The van der Waals surface area contributed by atoms with Crippen molar-refractivity contribution in [2.24, 2.45) is 5.16 Å². The first kappa shape index (κ1) is 14.3. The van der Waals surface area contributed by atoms with Crippen LogP contribution in [0.15, 0.2) is 59.8 Å². The largest absolute Gasteiger partial charge is 0.382 e. The second kappa shape index (κ2) is 6.39. The predicted molar refractivity (Wildman–Crippen MR) is 80.7 cm³/mol. The van der Waals surface area contributed by atoms with E-state index in [0.29, 0.717) is 13.0 Å². The van der Waals surface area contributed by atoms with Gasteiger partial charge < -0.3 is 10.2 Å². The Morgan fingerprint density at radius 1 is 1.18 bits per heavy atom. The van der Waals surface area contributed by atoms with Crippen molar-refractivity contribution in [2.75, 3.05) is 0 Å². The van der Waals surface area contributed by atoms with Crippen LogP contribution in [-0.2, 0) is 16.2 Å². The molecule has 1 atom stereocenters. The van der Waals surface area contributed by atoms with Crippen molar-refractivity contribution in [1.82, 2.24) is 5.32 Å². The lowest BCUT2D eigenvalue weighted by Gasteiger charge is -2.09. The molecule has 0 aliphatic carbocycles. The molecule has 0 saturated heterocycles. The summed E-state index contributed by atoms with van der Waals surface area (Å²) < 4.78 is 12.8. The maximum atomic E-state index is 12.8. The highest BCUT2D eigenvalue weighted by Gasteiger charge is 2.28. The molecule has 0 radical (unpaired) electrons. The molecule has 0 saturated carbocycles. The molecule has 1 aliphatic heterocycles. The molecule has 112 valence electrons. The molecule has 22 heavy (non-hydrogen) atoms. The number of benzene rings is 2. The zero-order valence-electron chi connectivity index (χ0n) is 11.8. The summed E-state index contributed by atoms with van der Waals surface area (Å²) in [6, 6.07) is 15.6. The molecule has 0 bridgehead atoms. The molecule has 1 unspecified atom stereocenters. The van der Waals surface area contributed by atoms with Crippen LogP contribution in [0.3, 0.4) is 0 Å². The third kappa shape index (κ3) is 3.31. The van der Waals surface area contributed by atoms with Crippen LogP contribution in [0.5, 0.6) is 0 Å². The SMILES string of the molecule is O=C(NCc1ccc(F)cc1)C1CC(c2ccccc2)=NO1. The molecule has 2 aromatic rings. The molecule has 1 aliphatic rings. The minimum Gasteiger partial charge on any atom is -0.382 e. The number of nitrogens with zero attached hydrogens (tertiary/aromatic N) is 1. The summed E-state index contributed by atoms with van der Waals surface area (Å²) in [7, 11) is 0. The number of carbonyl (C=O) groups is 1. The van der Waals surface area contributed by atoms with Gasteiger partial charge in [-0.25, -0.2) is 4.39 Å². The Morgan fingerprint density at radius 2 is 1.91 bits per heavy atom. The molecule has 0 aromatic heterocycles. The highest BCUT2D eigenvalue weighted by Crippen LogP contribution is 2.16. The molecular formula is C17H15FN2O2. The Labute approximate surface area is 127 Å². The Balaban J connectivity index is 1.53. The molecule has 0 fully saturated rings. The van der Waals surface area contributed by atoms with Crippen LogP contribution in [-0.4, -0.2) is 17.7 Å². The van der Waals surface area contributed by atoms with Crippen molar-refractivity contribution < 1.29 is 14.0 Å². The first-order chi connectivity index (χ1) is 10.7. The fourth-order valence-corrected chi connectivity index (χ4v) is 2.22. The maximum Gasteiger partial charge on any atom is 0.264 e. The minimum atomic E-state index is -0.615. The van der Waals surface area contributed by atoms with E-state index in [1.54, 1.807) is 12.1 Å². The van der Waals surface area contributed by atoms with Crippen LogP contribution in [0.4, 0.5) is 4.39 Å². The summed E-state index contributed by atoms with van der Waals surface area (Å²) in [6.45, 7) is 0.333. The van der Waals surface area contributed by atoms with Crippen LogP contribution in [0.2, 0.25) is 0 Å². The third-order valence-electron chi connectivity index (χ3n) is 3.45. The normalized spacial score (nSPS) is 16.8. The first-order valence-electron chi connectivity index (χ1n) is 7.02. The van der Waals surface area contributed by atoms with Crippen molar-refractivity contribution in [1.29, 1.82) is 0 Å². The summed E-state index contributed by atoms with van der Waals surface area (Å²) in [6.07, 6.45) is -0.171. The van der Waals surface area contributed by atoms with Crippen molar-refractivity contribution >= 4 is 11.6 Å². The lowest BCUT2D eigenvalue weighted by molar-refractivity contribution is -0.131. The molecule has 2 aromatic carbocycles. The van der Waals surface area contributed by atoms with Gasteiger partial charge in [-0.1, -0.05) is 47.6 Å². The van der Waals surface area contributed by atoms with Gasteiger partial charge in [-0.15, -0.1) is 0 Å². The van der Waals surface area contributed by atoms with Gasteiger partial charge in [-0.3, -0.25) is 4.79 Å². The molecule has 4 nitrogen and oxygen atoms in total. The predicted octanol–water partition coefficient (Wildman–Crippen LogP) is 2.64. The van der Waals surface area contributed by atoms with Crippen LogP contribution >= 0.6 is 0 Å². The van der Waals surface area contributed by atoms with Gasteiger partial charge in [0.2, 0.25) is 6.10 Å². The molecule has 0 spiro atoms. The smallest absolute Gasteiger partial charge is 0.264 e. The van der Waals surface area contributed by atoms with Crippen molar-refractivity contribution in [3.63, 3.8) is 0 Å². The van der Waals surface area contributed by atoms with E-state index in [1.165, 1.54) is 12.1 Å². The van der Waals surface area contributed by atoms with Crippen LogP contribution in [0.1, 0.15) is 17.5 Å². The maximum absolute atomic E-state index is 12.8. The van der Waals surface area contributed by atoms with Gasteiger partial charge >= 0.3 is 0 Å². The lowest BCUT2D eigenvalue weighted by Crippen LogP contribution is -2.34. The Kier molecular flexibility index (Phi) is 4.14. The number of halogens is 1. The van der Waals surface area contributed by atoms with Gasteiger partial charge in [0.05, 0.1) is 5.71 Å². The molecular weight excluding hydrogens is 283 g/mol. The highest BCUT2D eigenvalue weighted by atomic mass is 19.1. The molecule has 1 N–H and O–H groups in total. The number of amides is 1. The first-order valence-corrected chi connectivity index (χ1v) is 7.02. The summed E-state index contributed by atoms with van der Waals surface area (Å²) in [5, 5.41) is 6.75. The van der Waals surface area contributed by atoms with Crippen molar-refractivity contribution in [3.8, 4) is 0 Å². The van der Waals surface area contributed by atoms with Gasteiger partial charge in [-0.05, 0) is 23.3 Å². The quantitative estimate of drug-likeness (QED) is 0.943. The number of nitrogens with one attached hydrogen (secondary N) is 1. The summed E-state index contributed by atoms with van der Waals surface area (Å²) in [5.41, 5.74) is 2.55. The van der Waals surface area contributed by atoms with E-state index in [0.717, 1.165) is 16.8 Å². The van der Waals surface area contributed by atoms with Gasteiger partial charge in [0.15, 0.2) is 0 Å². The van der Waals surface area contributed by atoms with Crippen molar-refractivity contribution in [2.45, 2.75) is 19.1 Å². The fraction of sp³-hybridized carbons (Fsp3) is 0.176. The van der Waals surface area contributed by atoms with Gasteiger partial charge in [-0.2, -0.15) is 0 Å². The second-order valence-corrected chi connectivity index (χ2v) is 5.05. The van der Waals surface area contributed by atoms with Crippen LogP contribution < -0.4 is 5.32 Å². The zero-order valence-corrected chi connectivity index (χ0v) is 11.8. The number of rotatable bonds is 4. The van der Waals surface area contributed by atoms with E-state index >= 15 is 0 Å². The summed E-state index contributed by atoms with van der Waals surface area (Å²) in [5.74, 6) is -0.519. The summed E-state index contributed by atoms with van der Waals surface area (Å²) in [4.78, 5) is 17.3. The standard InChI is InChI=1S/C17H15FN2O2/c18-14-8-6-12(7-9-14)11-19-17(21)16-10-15(20-22-16)13-4-2-1-3-5-13/h1-9,16H,10-11H2,(H,19,21). The zero-order chi connectivity index (χ0) is 15.4. The molecule has 5 heteroatoms. The van der Waals surface area contributed by atoms with E-state index in [-0.39, 0.29) is 11.7 Å². The van der Waals surface area contributed by atoms with Gasteiger partial charge in [0.1, 0.15) is 5.82 Å². The third-order valence-corrected chi connectivity index (χ3v) is 3.45. The van der Waals surface area contributed by atoms with E-state index in [2.05, 4.69) is 10.5 Å². The fourth-order valence-electron chi connectivity index (χ4n) is 2.22. The Bertz CT molecular complexity index is 684. The number of oxime groups is 1. The number of hydrogen-bond donors (Lipinski definition) is 1. The van der Waals surface area contributed by atoms with Crippen LogP contribution in [0.25, 0.3) is 0 Å². The van der Waals surface area contributed by atoms with Crippen LogP contribution in [0, 0.1) is 5.82 Å². The number of hydrogen-bond acceptors (Lipinski definition) is 3. The Hall–Kier alpha value is -2.69.